The molecule has 1 unspecified atom stereocenters. The first-order valence-electron chi connectivity index (χ1n) is 4.87. The number of halogens is 2. The molecular weight excluding hydrogens is 234 g/mol. The van der Waals surface area contributed by atoms with Crippen molar-refractivity contribution < 1.29 is 18.8 Å². The van der Waals surface area contributed by atoms with Crippen molar-refractivity contribution in [3.8, 4) is 0 Å². The van der Waals surface area contributed by atoms with Crippen molar-refractivity contribution >= 4 is 11.4 Å². The molecule has 0 aliphatic heterocycles. The van der Waals surface area contributed by atoms with Crippen molar-refractivity contribution in [2.45, 2.75) is 19.5 Å². The Morgan fingerprint density at radius 1 is 1.53 bits per heavy atom. The van der Waals surface area contributed by atoms with E-state index >= 15 is 0 Å². The predicted octanol–water partition coefficient (Wildman–Crippen LogP) is 1.94. The van der Waals surface area contributed by atoms with Crippen LogP contribution in [0.2, 0.25) is 0 Å². The number of alkyl halides is 2. The molecule has 94 valence electrons. The van der Waals surface area contributed by atoms with Crippen LogP contribution in [0.4, 0.5) is 20.2 Å². The Morgan fingerprint density at radius 2 is 2.18 bits per heavy atom. The number of hydrogen-bond acceptors (Lipinski definition) is 4. The topological polar surface area (TPSA) is 75.4 Å². The maximum Gasteiger partial charge on any atom is 0.269 e. The van der Waals surface area contributed by atoms with Gasteiger partial charge in [-0.3, -0.25) is 10.1 Å². The van der Waals surface area contributed by atoms with Crippen molar-refractivity contribution in [2.75, 3.05) is 11.9 Å². The van der Waals surface area contributed by atoms with E-state index in [1.807, 2.05) is 0 Å². The van der Waals surface area contributed by atoms with E-state index in [0.717, 1.165) is 0 Å². The Labute approximate surface area is 96.2 Å². The van der Waals surface area contributed by atoms with E-state index in [2.05, 4.69) is 5.32 Å². The van der Waals surface area contributed by atoms with Crippen LogP contribution >= 0.6 is 0 Å². The molecule has 1 rings (SSSR count). The Balaban J connectivity index is 2.70. The smallest absolute Gasteiger partial charge is 0.269 e. The molecule has 0 fully saturated rings. The Hall–Kier alpha value is -1.76. The van der Waals surface area contributed by atoms with Gasteiger partial charge in [-0.15, -0.1) is 0 Å². The number of aliphatic hydroxyl groups excluding tert-OH is 1. The Morgan fingerprint density at radius 3 is 2.65 bits per heavy atom. The van der Waals surface area contributed by atoms with E-state index in [1.54, 1.807) is 6.92 Å². The number of non-ortho nitro benzene ring substituents is 1. The summed E-state index contributed by atoms with van der Waals surface area (Å²) in [6.07, 6.45) is -4.58. The molecule has 0 spiro atoms. The van der Waals surface area contributed by atoms with Crippen LogP contribution < -0.4 is 5.32 Å². The first kappa shape index (κ1) is 13.3. The molecule has 0 aliphatic rings. The van der Waals surface area contributed by atoms with Crippen LogP contribution in [0.5, 0.6) is 0 Å². The number of nitrogens with zero attached hydrogens (tertiary/aromatic N) is 1. The zero-order valence-corrected chi connectivity index (χ0v) is 9.06. The first-order chi connectivity index (χ1) is 7.91. The van der Waals surface area contributed by atoms with Crippen LogP contribution in [0, 0.1) is 17.0 Å². The molecular formula is C10H12F2N2O3. The summed E-state index contributed by atoms with van der Waals surface area (Å²) in [7, 11) is 0. The Kier molecular flexibility index (Phi) is 4.33. The fraction of sp³-hybridized carbons (Fsp3) is 0.400. The summed E-state index contributed by atoms with van der Waals surface area (Å²) >= 11 is 0. The molecule has 0 bridgehead atoms. The first-order valence-corrected chi connectivity index (χ1v) is 4.87. The summed E-state index contributed by atoms with van der Waals surface area (Å²) < 4.78 is 24.0. The number of benzene rings is 1. The van der Waals surface area contributed by atoms with E-state index in [-0.39, 0.29) is 12.2 Å². The molecule has 17 heavy (non-hydrogen) atoms. The van der Waals surface area contributed by atoms with Gasteiger partial charge >= 0.3 is 0 Å². The van der Waals surface area contributed by atoms with Crippen LogP contribution in [0.3, 0.4) is 0 Å². The third kappa shape index (κ3) is 3.63. The van der Waals surface area contributed by atoms with Crippen molar-refractivity contribution in [3.63, 3.8) is 0 Å². The van der Waals surface area contributed by atoms with Gasteiger partial charge in [0.25, 0.3) is 12.1 Å². The maximum absolute atomic E-state index is 12.0. The van der Waals surface area contributed by atoms with Gasteiger partial charge in [0.15, 0.2) is 0 Å². The van der Waals surface area contributed by atoms with Gasteiger partial charge < -0.3 is 10.4 Å². The number of hydrogen-bond donors (Lipinski definition) is 2. The number of aryl methyl sites for hydroxylation is 1. The van der Waals surface area contributed by atoms with Crippen molar-refractivity contribution in [1.29, 1.82) is 0 Å². The standard InChI is InChI=1S/C10H12F2N2O3/c1-6-4-7(14(16)17)2-3-8(6)13-5-9(15)10(11)12/h2-4,9-10,13,15H,5H2,1H3. The highest BCUT2D eigenvalue weighted by Crippen LogP contribution is 2.21. The molecule has 2 N–H and O–H groups in total. The largest absolute Gasteiger partial charge is 0.385 e. The van der Waals surface area contributed by atoms with Gasteiger partial charge in [-0.1, -0.05) is 0 Å². The molecule has 1 aromatic carbocycles. The minimum atomic E-state index is -2.82. The number of nitro benzene ring substituents is 1. The predicted molar refractivity (Wildman–Crippen MR) is 58.3 cm³/mol. The number of aliphatic hydroxyl groups is 1. The lowest BCUT2D eigenvalue weighted by atomic mass is 10.1. The van der Waals surface area contributed by atoms with Gasteiger partial charge in [-0.05, 0) is 18.6 Å². The number of nitro groups is 1. The molecule has 0 aromatic heterocycles. The summed E-state index contributed by atoms with van der Waals surface area (Å²) in [4.78, 5) is 9.93. The highest BCUT2D eigenvalue weighted by Gasteiger charge is 2.16. The highest BCUT2D eigenvalue weighted by atomic mass is 19.3. The second-order valence-corrected chi connectivity index (χ2v) is 3.54. The van der Waals surface area contributed by atoms with Gasteiger partial charge in [0.05, 0.1) is 4.92 Å². The van der Waals surface area contributed by atoms with Gasteiger partial charge in [0.1, 0.15) is 6.10 Å². The van der Waals surface area contributed by atoms with Gasteiger partial charge in [-0.25, -0.2) is 8.78 Å². The molecule has 1 atom stereocenters. The number of rotatable bonds is 5. The van der Waals surface area contributed by atoms with E-state index in [9.17, 15) is 18.9 Å². The molecule has 0 saturated heterocycles. The van der Waals surface area contributed by atoms with Crippen molar-refractivity contribution in [1.82, 2.24) is 0 Å². The van der Waals surface area contributed by atoms with Crippen LogP contribution in [0.15, 0.2) is 18.2 Å². The normalized spacial score (nSPS) is 12.5. The Bertz CT molecular complexity index is 413. The van der Waals surface area contributed by atoms with Gasteiger partial charge in [-0.2, -0.15) is 0 Å². The molecule has 0 saturated carbocycles. The second kappa shape index (κ2) is 5.53. The van der Waals surface area contributed by atoms with Crippen molar-refractivity contribution in [3.05, 3.63) is 33.9 Å². The quantitative estimate of drug-likeness (QED) is 0.615. The van der Waals surface area contributed by atoms with Gasteiger partial charge in [0, 0.05) is 24.4 Å². The average molecular weight is 246 g/mol. The van der Waals surface area contributed by atoms with Crippen LogP contribution in [0.1, 0.15) is 5.56 Å². The molecule has 0 amide bonds. The number of nitrogens with one attached hydrogen (secondary N) is 1. The van der Waals surface area contributed by atoms with Gasteiger partial charge in [0.2, 0.25) is 0 Å². The summed E-state index contributed by atoms with van der Waals surface area (Å²) in [5.74, 6) is 0. The van der Waals surface area contributed by atoms with Crippen LogP contribution in [-0.2, 0) is 0 Å². The second-order valence-electron chi connectivity index (χ2n) is 3.54. The average Bonchev–Trinajstić information content (AvgIpc) is 2.26. The van der Waals surface area contributed by atoms with E-state index in [4.69, 9.17) is 5.11 Å². The lowest BCUT2D eigenvalue weighted by Gasteiger charge is -2.13. The maximum atomic E-state index is 12.0. The van der Waals surface area contributed by atoms with E-state index in [1.165, 1.54) is 18.2 Å². The summed E-state index contributed by atoms with van der Waals surface area (Å²) in [5, 5.41) is 22.0. The van der Waals surface area contributed by atoms with Crippen LogP contribution in [0.25, 0.3) is 0 Å². The zero-order chi connectivity index (χ0) is 13.0. The summed E-state index contributed by atoms with van der Waals surface area (Å²) in [5.41, 5.74) is 0.971. The third-order valence-electron chi connectivity index (χ3n) is 2.21. The third-order valence-corrected chi connectivity index (χ3v) is 2.21. The van der Waals surface area contributed by atoms with E-state index in [0.29, 0.717) is 11.3 Å². The SMILES string of the molecule is Cc1cc([N+](=O)[O-])ccc1NCC(O)C(F)F. The summed E-state index contributed by atoms with van der Waals surface area (Å²) in [6.45, 7) is 1.31. The minimum Gasteiger partial charge on any atom is -0.385 e. The molecule has 5 nitrogen and oxygen atoms in total. The number of anilines is 1. The molecule has 1 aromatic rings. The lowest BCUT2D eigenvalue weighted by molar-refractivity contribution is -0.384. The van der Waals surface area contributed by atoms with E-state index < -0.39 is 17.5 Å². The summed E-state index contributed by atoms with van der Waals surface area (Å²) in [6, 6.07) is 4.02. The zero-order valence-electron chi connectivity index (χ0n) is 9.06. The highest BCUT2D eigenvalue weighted by molar-refractivity contribution is 5.55. The lowest BCUT2D eigenvalue weighted by Crippen LogP contribution is -2.26. The minimum absolute atomic E-state index is 0.0672. The molecule has 7 heteroatoms. The fourth-order valence-corrected chi connectivity index (χ4v) is 1.26. The molecule has 0 aliphatic carbocycles. The van der Waals surface area contributed by atoms with Crippen molar-refractivity contribution in [2.24, 2.45) is 0 Å². The van der Waals surface area contributed by atoms with Crippen LogP contribution in [-0.4, -0.2) is 29.1 Å². The molecule has 0 radical (unpaired) electrons. The molecule has 0 heterocycles. The monoisotopic (exact) mass is 246 g/mol. The fourth-order valence-electron chi connectivity index (χ4n) is 1.26.